The summed E-state index contributed by atoms with van der Waals surface area (Å²) in [7, 11) is 0. The molecule has 0 aliphatic rings. The molecule has 0 aromatic carbocycles. The molecule has 3 heteroatoms. The monoisotopic (exact) mass is 255 g/mol. The van der Waals surface area contributed by atoms with E-state index in [1.165, 1.54) is 11.1 Å². The van der Waals surface area contributed by atoms with E-state index in [-0.39, 0.29) is 0 Å². The van der Waals surface area contributed by atoms with Crippen molar-refractivity contribution in [2.45, 2.75) is 32.7 Å². The fourth-order valence-corrected chi connectivity index (χ4v) is 2.07. The molecule has 3 nitrogen and oxygen atoms in total. The summed E-state index contributed by atoms with van der Waals surface area (Å²) in [4.78, 5) is 8.58. The molecule has 2 aromatic rings. The smallest absolute Gasteiger partial charge is 0.0376 e. The summed E-state index contributed by atoms with van der Waals surface area (Å²) >= 11 is 0. The molecule has 2 heterocycles. The molecular formula is C16H21N3. The number of aryl methyl sites for hydroxylation is 1. The van der Waals surface area contributed by atoms with E-state index in [9.17, 15) is 0 Å². The maximum atomic E-state index is 4.39. The molecule has 0 amide bonds. The molecule has 2 rings (SSSR count). The van der Waals surface area contributed by atoms with Crippen LogP contribution in [0, 0.1) is 6.92 Å². The summed E-state index contributed by atoms with van der Waals surface area (Å²) in [5, 5.41) is 3.59. The van der Waals surface area contributed by atoms with E-state index >= 15 is 0 Å². The van der Waals surface area contributed by atoms with Crippen LogP contribution in [0.15, 0.2) is 42.9 Å². The minimum Gasteiger partial charge on any atom is -0.310 e. The van der Waals surface area contributed by atoms with E-state index < -0.39 is 0 Å². The van der Waals surface area contributed by atoms with Gasteiger partial charge in [-0.05, 0) is 49.6 Å². The molecule has 1 N–H and O–H groups in total. The minimum atomic E-state index is 0.303. The Hall–Kier alpha value is -1.74. The number of rotatable bonds is 6. The highest BCUT2D eigenvalue weighted by Crippen LogP contribution is 2.17. The van der Waals surface area contributed by atoms with Crippen LogP contribution in [0.25, 0.3) is 0 Å². The van der Waals surface area contributed by atoms with Crippen LogP contribution in [0.4, 0.5) is 0 Å². The van der Waals surface area contributed by atoms with Gasteiger partial charge in [0.2, 0.25) is 0 Å². The number of nitrogens with zero attached hydrogens (tertiary/aromatic N) is 2. The highest BCUT2D eigenvalue weighted by atomic mass is 14.9. The highest BCUT2D eigenvalue weighted by molar-refractivity contribution is 5.21. The van der Waals surface area contributed by atoms with Gasteiger partial charge in [0.1, 0.15) is 0 Å². The lowest BCUT2D eigenvalue weighted by Gasteiger charge is -2.18. The Morgan fingerprint density at radius 3 is 2.74 bits per heavy atom. The zero-order chi connectivity index (χ0) is 13.5. The van der Waals surface area contributed by atoms with Crippen molar-refractivity contribution in [3.63, 3.8) is 0 Å². The van der Waals surface area contributed by atoms with Gasteiger partial charge in [0.05, 0.1) is 0 Å². The predicted molar refractivity (Wildman–Crippen MR) is 77.9 cm³/mol. The third-order valence-corrected chi connectivity index (χ3v) is 3.14. The predicted octanol–water partition coefficient (Wildman–Crippen LogP) is 3.07. The van der Waals surface area contributed by atoms with E-state index in [1.54, 1.807) is 0 Å². The summed E-state index contributed by atoms with van der Waals surface area (Å²) in [6.07, 6.45) is 7.79. The van der Waals surface area contributed by atoms with Gasteiger partial charge in [0.25, 0.3) is 0 Å². The van der Waals surface area contributed by atoms with Gasteiger partial charge in [-0.2, -0.15) is 0 Å². The molecule has 0 saturated heterocycles. The zero-order valence-electron chi connectivity index (χ0n) is 11.6. The quantitative estimate of drug-likeness (QED) is 0.862. The van der Waals surface area contributed by atoms with Gasteiger partial charge < -0.3 is 5.32 Å². The first-order valence-electron chi connectivity index (χ1n) is 6.84. The van der Waals surface area contributed by atoms with E-state index in [4.69, 9.17) is 0 Å². The van der Waals surface area contributed by atoms with Crippen molar-refractivity contribution in [1.82, 2.24) is 15.3 Å². The molecule has 0 fully saturated rings. The highest BCUT2D eigenvalue weighted by Gasteiger charge is 2.11. The Morgan fingerprint density at radius 2 is 2.11 bits per heavy atom. The Labute approximate surface area is 115 Å². The van der Waals surface area contributed by atoms with Gasteiger partial charge in [0, 0.05) is 30.3 Å². The molecule has 0 bridgehead atoms. The minimum absolute atomic E-state index is 0.303. The van der Waals surface area contributed by atoms with Gasteiger partial charge in [-0.1, -0.05) is 19.1 Å². The van der Waals surface area contributed by atoms with Gasteiger partial charge in [-0.15, -0.1) is 0 Å². The van der Waals surface area contributed by atoms with Crippen LogP contribution < -0.4 is 5.32 Å². The van der Waals surface area contributed by atoms with Crippen LogP contribution in [-0.2, 0) is 6.42 Å². The summed E-state index contributed by atoms with van der Waals surface area (Å²) in [5.41, 5.74) is 3.54. The second kappa shape index (κ2) is 7.00. The molecule has 0 aliphatic carbocycles. The fraction of sp³-hybridized carbons (Fsp3) is 0.375. The van der Waals surface area contributed by atoms with Crippen molar-refractivity contribution < 1.29 is 0 Å². The topological polar surface area (TPSA) is 37.8 Å². The number of pyridine rings is 2. The van der Waals surface area contributed by atoms with Crippen molar-refractivity contribution >= 4 is 0 Å². The first kappa shape index (κ1) is 13.7. The molecule has 0 spiro atoms. The first-order chi connectivity index (χ1) is 9.29. The maximum Gasteiger partial charge on any atom is 0.0376 e. The third kappa shape index (κ3) is 4.14. The van der Waals surface area contributed by atoms with E-state index in [0.717, 1.165) is 25.1 Å². The first-order valence-corrected chi connectivity index (χ1v) is 6.84. The van der Waals surface area contributed by atoms with Crippen LogP contribution in [0.2, 0.25) is 0 Å². The average Bonchev–Trinajstić information content (AvgIpc) is 2.45. The standard InChI is InChI=1S/C16H21N3/c1-3-8-18-16(10-14-5-4-9-17-11-14)15-7-6-13(2)19-12-15/h4-7,9,11-12,16,18H,3,8,10H2,1-2H3. The lowest BCUT2D eigenvalue weighted by Crippen LogP contribution is -2.24. The molecule has 19 heavy (non-hydrogen) atoms. The van der Waals surface area contributed by atoms with Crippen LogP contribution >= 0.6 is 0 Å². The van der Waals surface area contributed by atoms with Crippen molar-refractivity contribution in [2.75, 3.05) is 6.54 Å². The van der Waals surface area contributed by atoms with Crippen molar-refractivity contribution in [3.8, 4) is 0 Å². The van der Waals surface area contributed by atoms with Crippen LogP contribution in [-0.4, -0.2) is 16.5 Å². The van der Waals surface area contributed by atoms with Crippen molar-refractivity contribution in [1.29, 1.82) is 0 Å². The summed E-state index contributed by atoms with van der Waals surface area (Å²) < 4.78 is 0. The lowest BCUT2D eigenvalue weighted by molar-refractivity contribution is 0.527. The van der Waals surface area contributed by atoms with E-state index in [1.807, 2.05) is 31.6 Å². The maximum absolute atomic E-state index is 4.39. The number of hydrogen-bond donors (Lipinski definition) is 1. The molecular weight excluding hydrogens is 234 g/mol. The van der Waals surface area contributed by atoms with E-state index in [2.05, 4.69) is 40.4 Å². The van der Waals surface area contributed by atoms with Gasteiger partial charge in [0.15, 0.2) is 0 Å². The van der Waals surface area contributed by atoms with Crippen LogP contribution in [0.1, 0.15) is 36.2 Å². The lowest BCUT2D eigenvalue weighted by atomic mass is 10.0. The molecule has 2 aromatic heterocycles. The van der Waals surface area contributed by atoms with Gasteiger partial charge in [-0.3, -0.25) is 9.97 Å². The van der Waals surface area contributed by atoms with Gasteiger partial charge >= 0.3 is 0 Å². The van der Waals surface area contributed by atoms with Crippen molar-refractivity contribution in [3.05, 3.63) is 59.7 Å². The summed E-state index contributed by atoms with van der Waals surface area (Å²) in [5.74, 6) is 0. The largest absolute Gasteiger partial charge is 0.310 e. The Balaban J connectivity index is 2.13. The Bertz CT molecular complexity index is 479. The molecule has 100 valence electrons. The number of hydrogen-bond acceptors (Lipinski definition) is 3. The zero-order valence-corrected chi connectivity index (χ0v) is 11.6. The summed E-state index contributed by atoms with van der Waals surface area (Å²) in [6.45, 7) is 5.21. The van der Waals surface area contributed by atoms with E-state index in [0.29, 0.717) is 6.04 Å². The number of nitrogens with one attached hydrogen (secondary N) is 1. The van der Waals surface area contributed by atoms with Crippen molar-refractivity contribution in [2.24, 2.45) is 0 Å². The molecule has 1 unspecified atom stereocenters. The molecule has 0 aliphatic heterocycles. The Morgan fingerprint density at radius 1 is 1.21 bits per heavy atom. The average molecular weight is 255 g/mol. The summed E-state index contributed by atoms with van der Waals surface area (Å²) in [6, 6.07) is 8.64. The second-order valence-electron chi connectivity index (χ2n) is 4.81. The fourth-order valence-electron chi connectivity index (χ4n) is 2.07. The number of aromatic nitrogens is 2. The molecule has 1 atom stereocenters. The van der Waals surface area contributed by atoms with Crippen LogP contribution in [0.3, 0.4) is 0 Å². The molecule has 0 saturated carbocycles. The SMILES string of the molecule is CCCNC(Cc1cccnc1)c1ccc(C)nc1. The normalized spacial score (nSPS) is 12.3. The third-order valence-electron chi connectivity index (χ3n) is 3.14. The molecule has 0 radical (unpaired) electrons. The Kier molecular flexibility index (Phi) is 5.04. The second-order valence-corrected chi connectivity index (χ2v) is 4.81. The van der Waals surface area contributed by atoms with Crippen LogP contribution in [0.5, 0.6) is 0 Å². The van der Waals surface area contributed by atoms with Gasteiger partial charge in [-0.25, -0.2) is 0 Å².